The van der Waals surface area contributed by atoms with Crippen LogP contribution < -0.4 is 11.1 Å². The van der Waals surface area contributed by atoms with Crippen LogP contribution in [0.25, 0.3) is 11.0 Å². The Morgan fingerprint density at radius 3 is 2.60 bits per heavy atom. The van der Waals surface area contributed by atoms with Crippen LogP contribution in [0.15, 0.2) is 40.8 Å². The Morgan fingerprint density at radius 1 is 1.13 bits per heavy atom. The number of hydrogen-bond acceptors (Lipinski definition) is 4. The third-order valence-corrected chi connectivity index (χ3v) is 6.02. The van der Waals surface area contributed by atoms with Crippen LogP contribution in [0.4, 0.5) is 5.69 Å². The number of carbonyl (C=O) groups is 2. The van der Waals surface area contributed by atoms with Crippen molar-refractivity contribution in [2.45, 2.75) is 46.2 Å². The number of nitrogens with two attached hydrogens (primary N) is 1. The zero-order valence-corrected chi connectivity index (χ0v) is 17.6. The minimum Gasteiger partial charge on any atom is -0.450 e. The van der Waals surface area contributed by atoms with Crippen LogP contribution >= 0.6 is 0 Å². The first-order valence-electron chi connectivity index (χ1n) is 10.3. The fourth-order valence-corrected chi connectivity index (χ4v) is 4.41. The molecule has 4 rings (SSSR count). The molecule has 30 heavy (non-hydrogen) atoms. The molecule has 156 valence electrons. The maximum Gasteiger partial charge on any atom is 0.291 e. The number of hydrogen-bond donors (Lipinski definition) is 2. The van der Waals surface area contributed by atoms with Gasteiger partial charge in [0, 0.05) is 23.2 Å². The molecule has 0 radical (unpaired) electrons. The van der Waals surface area contributed by atoms with Gasteiger partial charge in [0.1, 0.15) is 5.58 Å². The van der Waals surface area contributed by atoms with E-state index in [0.717, 1.165) is 52.6 Å². The molecule has 2 aromatic carbocycles. The molecule has 2 heterocycles. The van der Waals surface area contributed by atoms with Crippen molar-refractivity contribution in [1.82, 2.24) is 4.90 Å². The highest BCUT2D eigenvalue weighted by molar-refractivity contribution is 6.07. The fourth-order valence-electron chi connectivity index (χ4n) is 4.41. The molecule has 6 nitrogen and oxygen atoms in total. The van der Waals surface area contributed by atoms with Gasteiger partial charge in [-0.15, -0.1) is 0 Å². The average Bonchev–Trinajstić information content (AvgIpc) is 3.31. The molecule has 1 atom stereocenters. The molecule has 2 amide bonds. The van der Waals surface area contributed by atoms with Gasteiger partial charge in [-0.1, -0.05) is 30.3 Å². The van der Waals surface area contributed by atoms with Gasteiger partial charge in [0.15, 0.2) is 5.76 Å². The fraction of sp³-hybridized carbons (Fsp3) is 0.333. The summed E-state index contributed by atoms with van der Waals surface area (Å²) in [7, 11) is 0. The number of fused-ring (bicyclic) bond motifs is 1. The van der Waals surface area contributed by atoms with E-state index in [9.17, 15) is 9.59 Å². The SMILES string of the molecule is Cc1ccc(C)c2c(C)c(C(=O)Nc3ccccc3CN3CCCC3C(N)=O)oc12. The van der Waals surface area contributed by atoms with Gasteiger partial charge in [-0.25, -0.2) is 0 Å². The topological polar surface area (TPSA) is 88.6 Å². The van der Waals surface area contributed by atoms with E-state index >= 15 is 0 Å². The number of rotatable bonds is 5. The molecule has 0 saturated carbocycles. The van der Waals surface area contributed by atoms with E-state index in [1.807, 2.05) is 57.2 Å². The van der Waals surface area contributed by atoms with E-state index in [1.54, 1.807) is 0 Å². The van der Waals surface area contributed by atoms with Gasteiger partial charge < -0.3 is 15.5 Å². The highest BCUT2D eigenvalue weighted by Crippen LogP contribution is 2.31. The summed E-state index contributed by atoms with van der Waals surface area (Å²) in [5.41, 5.74) is 10.9. The number of aryl methyl sites for hydroxylation is 3. The Balaban J connectivity index is 1.61. The predicted octanol–water partition coefficient (Wildman–Crippen LogP) is 4.06. The average molecular weight is 405 g/mol. The van der Waals surface area contributed by atoms with Crippen LogP contribution in [0.1, 0.15) is 45.7 Å². The number of furan rings is 1. The van der Waals surface area contributed by atoms with Crippen LogP contribution in [0.2, 0.25) is 0 Å². The van der Waals surface area contributed by atoms with Gasteiger partial charge in [0.25, 0.3) is 5.91 Å². The standard InChI is InChI=1S/C24H27N3O3/c1-14-10-11-15(2)21-20(14)16(3)22(30-21)24(29)26-18-8-5-4-7-17(18)13-27-12-6-9-19(27)23(25)28/h4-5,7-8,10-11,19H,6,9,12-13H2,1-3H3,(H2,25,28)(H,26,29). The van der Waals surface area contributed by atoms with Crippen LogP contribution in [0.5, 0.6) is 0 Å². The van der Waals surface area contributed by atoms with Gasteiger partial charge in [-0.3, -0.25) is 14.5 Å². The first kappa shape index (κ1) is 20.2. The summed E-state index contributed by atoms with van der Waals surface area (Å²) in [5.74, 6) is -0.242. The Kier molecular flexibility index (Phi) is 5.35. The van der Waals surface area contributed by atoms with Crippen molar-refractivity contribution >= 4 is 28.5 Å². The molecule has 0 bridgehead atoms. The molecular formula is C24H27N3O3. The maximum atomic E-state index is 13.1. The third kappa shape index (κ3) is 3.59. The minimum atomic E-state index is -0.294. The van der Waals surface area contributed by atoms with Crippen LogP contribution in [-0.4, -0.2) is 29.3 Å². The van der Waals surface area contributed by atoms with Crippen molar-refractivity contribution in [3.05, 3.63) is 64.4 Å². The lowest BCUT2D eigenvalue weighted by Crippen LogP contribution is -2.39. The molecule has 1 aliphatic heterocycles. The van der Waals surface area contributed by atoms with Gasteiger partial charge >= 0.3 is 0 Å². The highest BCUT2D eigenvalue weighted by atomic mass is 16.3. The number of para-hydroxylation sites is 1. The number of amides is 2. The van der Waals surface area contributed by atoms with Gasteiger partial charge in [0.05, 0.1) is 6.04 Å². The lowest BCUT2D eigenvalue weighted by Gasteiger charge is -2.23. The van der Waals surface area contributed by atoms with E-state index in [4.69, 9.17) is 10.2 Å². The van der Waals surface area contributed by atoms with Crippen LogP contribution in [-0.2, 0) is 11.3 Å². The lowest BCUT2D eigenvalue weighted by molar-refractivity contribution is -0.122. The second kappa shape index (κ2) is 7.95. The monoisotopic (exact) mass is 405 g/mol. The maximum absolute atomic E-state index is 13.1. The van der Waals surface area contributed by atoms with Crippen molar-refractivity contribution in [2.24, 2.45) is 5.73 Å². The van der Waals surface area contributed by atoms with Gasteiger partial charge in [-0.2, -0.15) is 0 Å². The van der Waals surface area contributed by atoms with E-state index in [2.05, 4.69) is 10.2 Å². The first-order valence-corrected chi connectivity index (χ1v) is 10.3. The summed E-state index contributed by atoms with van der Waals surface area (Å²) in [6, 6.07) is 11.4. The van der Waals surface area contributed by atoms with Crippen molar-refractivity contribution in [3.8, 4) is 0 Å². The number of carbonyl (C=O) groups excluding carboxylic acids is 2. The summed E-state index contributed by atoms with van der Waals surface area (Å²) in [6.45, 7) is 7.29. The number of likely N-dealkylation sites (tertiary alicyclic amines) is 1. The Labute approximate surface area is 176 Å². The van der Waals surface area contributed by atoms with Crippen molar-refractivity contribution in [3.63, 3.8) is 0 Å². The molecule has 1 saturated heterocycles. The van der Waals surface area contributed by atoms with Crippen molar-refractivity contribution in [1.29, 1.82) is 0 Å². The summed E-state index contributed by atoms with van der Waals surface area (Å²) < 4.78 is 5.98. The van der Waals surface area contributed by atoms with E-state index < -0.39 is 0 Å². The second-order valence-corrected chi connectivity index (χ2v) is 8.10. The molecule has 1 unspecified atom stereocenters. The van der Waals surface area contributed by atoms with Crippen molar-refractivity contribution in [2.75, 3.05) is 11.9 Å². The second-order valence-electron chi connectivity index (χ2n) is 8.10. The third-order valence-electron chi connectivity index (χ3n) is 6.02. The van der Waals surface area contributed by atoms with Gasteiger partial charge in [0.2, 0.25) is 5.91 Å². The van der Waals surface area contributed by atoms with Crippen LogP contribution in [0, 0.1) is 20.8 Å². The first-order chi connectivity index (χ1) is 14.4. The summed E-state index contributed by atoms with van der Waals surface area (Å²) in [5, 5.41) is 4.01. The number of nitrogens with zero attached hydrogens (tertiary/aromatic N) is 1. The molecule has 3 N–H and O–H groups in total. The molecular weight excluding hydrogens is 378 g/mol. The van der Waals surface area contributed by atoms with E-state index in [1.165, 1.54) is 0 Å². The molecule has 1 aromatic heterocycles. The summed E-state index contributed by atoms with van der Waals surface area (Å²) >= 11 is 0. The molecule has 3 aromatic rings. The largest absolute Gasteiger partial charge is 0.450 e. The normalized spacial score (nSPS) is 16.8. The number of nitrogens with one attached hydrogen (secondary N) is 1. The Bertz CT molecular complexity index is 1130. The van der Waals surface area contributed by atoms with E-state index in [0.29, 0.717) is 18.0 Å². The number of benzene rings is 2. The zero-order valence-electron chi connectivity index (χ0n) is 17.6. The molecule has 6 heteroatoms. The summed E-state index contributed by atoms with van der Waals surface area (Å²) in [4.78, 5) is 26.9. The summed E-state index contributed by atoms with van der Waals surface area (Å²) in [6.07, 6.45) is 1.72. The smallest absolute Gasteiger partial charge is 0.291 e. The molecule has 0 spiro atoms. The number of primary amides is 1. The predicted molar refractivity (Wildman–Crippen MR) is 117 cm³/mol. The Morgan fingerprint density at radius 2 is 1.87 bits per heavy atom. The Hall–Kier alpha value is -3.12. The number of anilines is 1. The lowest BCUT2D eigenvalue weighted by atomic mass is 10.0. The van der Waals surface area contributed by atoms with Gasteiger partial charge in [-0.05, 0) is 62.9 Å². The molecule has 1 aliphatic rings. The van der Waals surface area contributed by atoms with Crippen molar-refractivity contribution < 1.29 is 14.0 Å². The van der Waals surface area contributed by atoms with Crippen LogP contribution in [0.3, 0.4) is 0 Å². The minimum absolute atomic E-state index is 0.252. The molecule has 0 aliphatic carbocycles. The zero-order chi connectivity index (χ0) is 21.4. The molecule has 1 fully saturated rings. The highest BCUT2D eigenvalue weighted by Gasteiger charge is 2.29. The van der Waals surface area contributed by atoms with E-state index in [-0.39, 0.29) is 17.9 Å². The quantitative estimate of drug-likeness (QED) is 0.670.